The molecule has 0 heterocycles. The maximum atomic E-state index is 12.3. The standard InChI is InChI=1S/C22H30N4O3.HI/c1-5-16-8-7-9-18(12-16)26-21(27)15-25-22(23-6-2)24-14-17-10-11-19(28-3)20(13-17)29-4;/h7-13H,5-6,14-15H2,1-4H3,(H,26,27)(H2,23,24,25);1H. The molecule has 2 aromatic carbocycles. The fraction of sp³-hybridized carbons (Fsp3) is 0.364. The maximum Gasteiger partial charge on any atom is 0.243 e. The highest BCUT2D eigenvalue weighted by Gasteiger charge is 2.07. The van der Waals surface area contributed by atoms with Crippen LogP contribution in [0.5, 0.6) is 11.5 Å². The molecule has 0 saturated carbocycles. The molecule has 7 nitrogen and oxygen atoms in total. The van der Waals surface area contributed by atoms with Crippen LogP contribution in [0.1, 0.15) is 25.0 Å². The summed E-state index contributed by atoms with van der Waals surface area (Å²) in [5.74, 6) is 1.77. The Balaban J connectivity index is 0.00000450. The van der Waals surface area contributed by atoms with Crippen LogP contribution in [0, 0.1) is 0 Å². The van der Waals surface area contributed by atoms with Crippen LogP contribution in [0.15, 0.2) is 47.5 Å². The highest BCUT2D eigenvalue weighted by molar-refractivity contribution is 14.0. The normalized spacial score (nSPS) is 10.6. The SMILES string of the molecule is CCNC(=NCc1ccc(OC)c(OC)c1)NCC(=O)Nc1cccc(CC)c1.I. The molecule has 3 N–H and O–H groups in total. The zero-order valence-corrected chi connectivity index (χ0v) is 20.3. The largest absolute Gasteiger partial charge is 0.493 e. The molecule has 0 bridgehead atoms. The molecular formula is C22H31IN4O3. The van der Waals surface area contributed by atoms with Crippen LogP contribution in [0.4, 0.5) is 5.69 Å². The number of benzene rings is 2. The van der Waals surface area contributed by atoms with E-state index in [0.717, 1.165) is 17.7 Å². The van der Waals surface area contributed by atoms with Crippen molar-refractivity contribution >= 4 is 41.5 Å². The monoisotopic (exact) mass is 526 g/mol. The number of anilines is 1. The molecule has 0 atom stereocenters. The molecule has 0 fully saturated rings. The highest BCUT2D eigenvalue weighted by atomic mass is 127. The van der Waals surface area contributed by atoms with Gasteiger partial charge in [-0.15, -0.1) is 24.0 Å². The van der Waals surface area contributed by atoms with Crippen molar-refractivity contribution in [3.05, 3.63) is 53.6 Å². The lowest BCUT2D eigenvalue weighted by Gasteiger charge is -2.12. The van der Waals surface area contributed by atoms with Gasteiger partial charge in [-0.2, -0.15) is 0 Å². The van der Waals surface area contributed by atoms with E-state index in [9.17, 15) is 4.79 Å². The minimum absolute atomic E-state index is 0. The van der Waals surface area contributed by atoms with Gasteiger partial charge in [-0.3, -0.25) is 4.79 Å². The number of aryl methyl sites for hydroxylation is 1. The van der Waals surface area contributed by atoms with E-state index in [-0.39, 0.29) is 36.4 Å². The van der Waals surface area contributed by atoms with Crippen LogP contribution >= 0.6 is 24.0 Å². The Morgan fingerprint density at radius 2 is 1.73 bits per heavy atom. The first kappa shape index (κ1) is 25.5. The van der Waals surface area contributed by atoms with Crippen molar-refractivity contribution in [1.82, 2.24) is 10.6 Å². The second-order valence-electron chi connectivity index (χ2n) is 6.34. The molecule has 0 saturated heterocycles. The number of carbonyl (C=O) groups is 1. The number of nitrogens with one attached hydrogen (secondary N) is 3. The van der Waals surface area contributed by atoms with Crippen molar-refractivity contribution in [1.29, 1.82) is 0 Å². The number of halogens is 1. The average molecular weight is 526 g/mol. The Kier molecular flexibility index (Phi) is 11.7. The number of nitrogens with zero attached hydrogens (tertiary/aromatic N) is 1. The zero-order chi connectivity index (χ0) is 21.1. The van der Waals surface area contributed by atoms with Crippen molar-refractivity contribution < 1.29 is 14.3 Å². The molecule has 2 rings (SSSR count). The number of rotatable bonds is 9. The minimum Gasteiger partial charge on any atom is -0.493 e. The Morgan fingerprint density at radius 3 is 2.40 bits per heavy atom. The Bertz CT molecular complexity index is 843. The first-order chi connectivity index (χ1) is 14.1. The molecule has 8 heteroatoms. The maximum absolute atomic E-state index is 12.3. The predicted octanol–water partition coefficient (Wildman–Crippen LogP) is 3.58. The van der Waals surface area contributed by atoms with E-state index < -0.39 is 0 Å². The van der Waals surface area contributed by atoms with Gasteiger partial charge >= 0.3 is 0 Å². The fourth-order valence-electron chi connectivity index (χ4n) is 2.73. The summed E-state index contributed by atoms with van der Waals surface area (Å²) < 4.78 is 10.6. The molecule has 1 amide bonds. The van der Waals surface area contributed by atoms with Gasteiger partial charge in [0.2, 0.25) is 5.91 Å². The molecule has 0 spiro atoms. The van der Waals surface area contributed by atoms with Gasteiger partial charge in [0.25, 0.3) is 0 Å². The topological polar surface area (TPSA) is 84.0 Å². The van der Waals surface area contributed by atoms with E-state index in [0.29, 0.717) is 30.5 Å². The molecule has 0 aliphatic carbocycles. The quantitative estimate of drug-likeness (QED) is 0.265. The number of hydrogen-bond acceptors (Lipinski definition) is 4. The van der Waals surface area contributed by atoms with E-state index in [1.165, 1.54) is 5.56 Å². The highest BCUT2D eigenvalue weighted by Crippen LogP contribution is 2.27. The first-order valence-electron chi connectivity index (χ1n) is 9.71. The number of methoxy groups -OCH3 is 2. The summed E-state index contributed by atoms with van der Waals surface area (Å²) in [5, 5.41) is 9.11. The lowest BCUT2D eigenvalue weighted by Crippen LogP contribution is -2.41. The van der Waals surface area contributed by atoms with Crippen molar-refractivity contribution in [2.75, 3.05) is 32.6 Å². The molecular weight excluding hydrogens is 495 g/mol. The van der Waals surface area contributed by atoms with Crippen LogP contribution in [0.25, 0.3) is 0 Å². The molecule has 30 heavy (non-hydrogen) atoms. The zero-order valence-electron chi connectivity index (χ0n) is 18.0. The second kappa shape index (κ2) is 13.7. The number of carbonyl (C=O) groups excluding carboxylic acids is 1. The van der Waals surface area contributed by atoms with Crippen LogP contribution in [-0.2, 0) is 17.8 Å². The number of aliphatic imine (C=N–C) groups is 1. The Labute approximate surface area is 195 Å². The van der Waals surface area contributed by atoms with Crippen molar-refractivity contribution in [2.45, 2.75) is 26.8 Å². The molecule has 2 aromatic rings. The predicted molar refractivity (Wildman–Crippen MR) is 132 cm³/mol. The van der Waals surface area contributed by atoms with Crippen LogP contribution < -0.4 is 25.4 Å². The third-order valence-electron chi connectivity index (χ3n) is 4.25. The smallest absolute Gasteiger partial charge is 0.243 e. The lowest BCUT2D eigenvalue weighted by atomic mass is 10.1. The summed E-state index contributed by atoms with van der Waals surface area (Å²) in [6.45, 7) is 5.31. The lowest BCUT2D eigenvalue weighted by molar-refractivity contribution is -0.115. The summed E-state index contributed by atoms with van der Waals surface area (Å²) >= 11 is 0. The van der Waals surface area contributed by atoms with Crippen molar-refractivity contribution in [3.8, 4) is 11.5 Å². The van der Waals surface area contributed by atoms with Crippen LogP contribution in [-0.4, -0.2) is 39.2 Å². The third-order valence-corrected chi connectivity index (χ3v) is 4.25. The van der Waals surface area contributed by atoms with Gasteiger partial charge in [0.15, 0.2) is 17.5 Å². The van der Waals surface area contributed by atoms with E-state index in [1.54, 1.807) is 14.2 Å². The minimum atomic E-state index is -0.130. The van der Waals surface area contributed by atoms with Crippen LogP contribution in [0.3, 0.4) is 0 Å². The second-order valence-corrected chi connectivity index (χ2v) is 6.34. The van der Waals surface area contributed by atoms with Gasteiger partial charge in [-0.1, -0.05) is 25.1 Å². The fourth-order valence-corrected chi connectivity index (χ4v) is 2.73. The van der Waals surface area contributed by atoms with E-state index >= 15 is 0 Å². The van der Waals surface area contributed by atoms with Gasteiger partial charge in [-0.25, -0.2) is 4.99 Å². The van der Waals surface area contributed by atoms with Gasteiger partial charge in [-0.05, 0) is 48.7 Å². The van der Waals surface area contributed by atoms with Gasteiger partial charge in [0.1, 0.15) is 0 Å². The van der Waals surface area contributed by atoms with Gasteiger partial charge in [0, 0.05) is 12.2 Å². The summed E-state index contributed by atoms with van der Waals surface area (Å²) in [5.41, 5.74) is 2.95. The molecule has 0 radical (unpaired) electrons. The average Bonchev–Trinajstić information content (AvgIpc) is 2.75. The number of guanidine groups is 1. The summed E-state index contributed by atoms with van der Waals surface area (Å²) in [7, 11) is 3.21. The van der Waals surface area contributed by atoms with Crippen molar-refractivity contribution in [2.24, 2.45) is 4.99 Å². The number of ether oxygens (including phenoxy) is 2. The van der Waals surface area contributed by atoms with Gasteiger partial charge in [0.05, 0.1) is 27.3 Å². The Morgan fingerprint density at radius 1 is 0.967 bits per heavy atom. The molecule has 164 valence electrons. The van der Waals surface area contributed by atoms with Gasteiger partial charge < -0.3 is 25.4 Å². The van der Waals surface area contributed by atoms with Crippen molar-refractivity contribution in [3.63, 3.8) is 0 Å². The molecule has 0 unspecified atom stereocenters. The summed E-state index contributed by atoms with van der Waals surface area (Å²) in [4.78, 5) is 16.8. The first-order valence-corrected chi connectivity index (χ1v) is 9.71. The van der Waals surface area contributed by atoms with E-state index in [1.807, 2.05) is 49.4 Å². The van der Waals surface area contributed by atoms with E-state index in [2.05, 4.69) is 27.9 Å². The number of amides is 1. The number of hydrogen-bond donors (Lipinski definition) is 3. The summed E-state index contributed by atoms with van der Waals surface area (Å²) in [6.07, 6.45) is 0.926. The molecule has 0 aliphatic rings. The van der Waals surface area contributed by atoms with Crippen LogP contribution in [0.2, 0.25) is 0 Å². The van der Waals surface area contributed by atoms with E-state index in [4.69, 9.17) is 9.47 Å². The molecule has 0 aliphatic heterocycles. The molecule has 0 aromatic heterocycles. The third kappa shape index (κ3) is 8.10. The summed E-state index contributed by atoms with van der Waals surface area (Å²) in [6, 6.07) is 13.5. The Hall–Kier alpha value is -2.49.